The average molecular weight is 396 g/mol. The molecule has 0 atom stereocenters. The Morgan fingerprint density at radius 3 is 2.59 bits per heavy atom. The van der Waals surface area contributed by atoms with E-state index in [1.165, 1.54) is 19.2 Å². The van der Waals surface area contributed by atoms with Crippen LogP contribution in [0.1, 0.15) is 10.4 Å². The highest BCUT2D eigenvalue weighted by molar-refractivity contribution is 6.01. The lowest BCUT2D eigenvalue weighted by Crippen LogP contribution is -2.30. The van der Waals surface area contributed by atoms with Gasteiger partial charge in [-0.25, -0.2) is 4.79 Å². The number of hydrogen-bond donors (Lipinski definition) is 1. The fourth-order valence-corrected chi connectivity index (χ4v) is 2.51. The largest absolute Gasteiger partial charge is 0.465 e. The summed E-state index contributed by atoms with van der Waals surface area (Å²) in [5.41, 5.74) is 0.291. The van der Waals surface area contributed by atoms with Crippen molar-refractivity contribution in [2.45, 2.75) is 6.54 Å². The summed E-state index contributed by atoms with van der Waals surface area (Å²) in [6.07, 6.45) is 0. The van der Waals surface area contributed by atoms with E-state index in [2.05, 4.69) is 20.4 Å². The number of para-hydroxylation sites is 1. The maximum atomic E-state index is 12.3. The minimum absolute atomic E-state index is 0.160. The number of aromatic nitrogens is 3. The van der Waals surface area contributed by atoms with Crippen molar-refractivity contribution in [1.82, 2.24) is 15.0 Å². The first-order valence-corrected chi connectivity index (χ1v) is 8.45. The lowest BCUT2D eigenvalue weighted by molar-refractivity contribution is -0.148. The molecule has 1 amide bonds. The second kappa shape index (κ2) is 8.74. The van der Waals surface area contributed by atoms with Crippen molar-refractivity contribution in [3.8, 4) is 0 Å². The molecule has 3 rings (SSSR count). The topological polar surface area (TPSA) is 129 Å². The number of fused-ring (bicyclic) bond motifs is 1. The summed E-state index contributed by atoms with van der Waals surface area (Å²) >= 11 is 0. The molecule has 2 aromatic carbocycles. The van der Waals surface area contributed by atoms with Crippen LogP contribution < -0.4 is 10.9 Å². The van der Waals surface area contributed by atoms with Crippen molar-refractivity contribution in [1.29, 1.82) is 0 Å². The number of nitrogens with zero attached hydrogens (tertiary/aromatic N) is 3. The zero-order valence-electron chi connectivity index (χ0n) is 15.3. The van der Waals surface area contributed by atoms with Crippen LogP contribution in [0.15, 0.2) is 53.3 Å². The van der Waals surface area contributed by atoms with Crippen LogP contribution in [0.3, 0.4) is 0 Å². The van der Waals surface area contributed by atoms with Crippen LogP contribution in [0.5, 0.6) is 0 Å². The van der Waals surface area contributed by atoms with Gasteiger partial charge in [-0.2, -0.15) is 4.68 Å². The van der Waals surface area contributed by atoms with E-state index in [4.69, 9.17) is 4.74 Å². The van der Waals surface area contributed by atoms with Gasteiger partial charge in [0, 0.05) is 0 Å². The van der Waals surface area contributed by atoms with Crippen molar-refractivity contribution in [2.75, 3.05) is 19.0 Å². The highest BCUT2D eigenvalue weighted by Gasteiger charge is 2.15. The number of ether oxygens (including phenoxy) is 2. The van der Waals surface area contributed by atoms with Crippen LogP contribution in [0.4, 0.5) is 5.69 Å². The quantitative estimate of drug-likeness (QED) is 0.605. The Morgan fingerprint density at radius 1 is 1.07 bits per heavy atom. The van der Waals surface area contributed by atoms with Gasteiger partial charge in [0.2, 0.25) is 0 Å². The number of nitrogens with one attached hydrogen (secondary N) is 1. The zero-order valence-corrected chi connectivity index (χ0v) is 15.3. The Bertz CT molecular complexity index is 1140. The van der Waals surface area contributed by atoms with Crippen molar-refractivity contribution in [3.05, 3.63) is 64.4 Å². The first-order chi connectivity index (χ1) is 14.0. The Labute approximate surface area is 164 Å². The third-order valence-corrected chi connectivity index (χ3v) is 3.88. The predicted molar refractivity (Wildman–Crippen MR) is 101 cm³/mol. The van der Waals surface area contributed by atoms with Crippen LogP contribution >= 0.6 is 0 Å². The summed E-state index contributed by atoms with van der Waals surface area (Å²) in [5.74, 6) is -2.12. The molecule has 0 unspecified atom stereocenters. The van der Waals surface area contributed by atoms with Gasteiger partial charge in [0.05, 0.1) is 23.7 Å². The molecule has 0 spiro atoms. The first-order valence-electron chi connectivity index (χ1n) is 8.45. The molecule has 1 N–H and O–H groups in total. The Hall–Kier alpha value is -4.08. The molecule has 29 heavy (non-hydrogen) atoms. The number of benzene rings is 2. The molecule has 1 aromatic heterocycles. The molecule has 148 valence electrons. The van der Waals surface area contributed by atoms with E-state index in [0.29, 0.717) is 10.9 Å². The number of carbonyl (C=O) groups excluding carboxylic acids is 3. The van der Waals surface area contributed by atoms with E-state index >= 15 is 0 Å². The fourth-order valence-electron chi connectivity index (χ4n) is 2.51. The van der Waals surface area contributed by atoms with E-state index < -0.39 is 36.6 Å². The van der Waals surface area contributed by atoms with E-state index in [-0.39, 0.29) is 11.3 Å². The average Bonchev–Trinajstić information content (AvgIpc) is 2.74. The molecule has 0 saturated carbocycles. The third-order valence-electron chi connectivity index (χ3n) is 3.88. The Balaban J connectivity index is 1.60. The van der Waals surface area contributed by atoms with Gasteiger partial charge in [0.1, 0.15) is 12.1 Å². The summed E-state index contributed by atoms with van der Waals surface area (Å²) in [6.45, 7) is -1.10. The Kier molecular flexibility index (Phi) is 5.93. The van der Waals surface area contributed by atoms with Gasteiger partial charge in [-0.05, 0) is 24.3 Å². The number of amides is 1. The lowest BCUT2D eigenvalue weighted by Gasteiger charge is -2.10. The standard InChI is InChI=1S/C19H16N4O6/c1-28-19(27)13-7-3-4-8-14(13)20-16(24)11-29-17(25)10-23-18(26)12-6-2-5-9-15(12)21-22-23/h2-9H,10-11H2,1H3,(H,20,24). The molecule has 0 bridgehead atoms. The Morgan fingerprint density at radius 2 is 1.79 bits per heavy atom. The van der Waals surface area contributed by atoms with Crippen LogP contribution in [0, 0.1) is 0 Å². The lowest BCUT2D eigenvalue weighted by atomic mass is 10.2. The third kappa shape index (κ3) is 4.61. The van der Waals surface area contributed by atoms with Gasteiger partial charge >= 0.3 is 11.9 Å². The van der Waals surface area contributed by atoms with Gasteiger partial charge in [-0.3, -0.25) is 14.4 Å². The van der Waals surface area contributed by atoms with Crippen molar-refractivity contribution >= 4 is 34.4 Å². The van der Waals surface area contributed by atoms with Gasteiger partial charge in [-0.15, -0.1) is 5.10 Å². The second-order valence-corrected chi connectivity index (χ2v) is 5.82. The summed E-state index contributed by atoms with van der Waals surface area (Å²) in [4.78, 5) is 48.0. The van der Waals surface area contributed by atoms with E-state index in [1.807, 2.05) is 0 Å². The summed E-state index contributed by atoms with van der Waals surface area (Å²) in [7, 11) is 1.22. The number of hydrogen-bond acceptors (Lipinski definition) is 8. The summed E-state index contributed by atoms with van der Waals surface area (Å²) < 4.78 is 10.4. The zero-order chi connectivity index (χ0) is 20.8. The molecule has 0 aliphatic heterocycles. The van der Waals surface area contributed by atoms with Crippen LogP contribution in [0.2, 0.25) is 0 Å². The molecule has 0 fully saturated rings. The number of rotatable bonds is 6. The second-order valence-electron chi connectivity index (χ2n) is 5.82. The molecule has 0 aliphatic carbocycles. The number of anilines is 1. The normalized spacial score (nSPS) is 10.4. The number of carbonyl (C=O) groups is 3. The van der Waals surface area contributed by atoms with Crippen molar-refractivity contribution in [3.63, 3.8) is 0 Å². The fraction of sp³-hybridized carbons (Fsp3) is 0.158. The SMILES string of the molecule is COC(=O)c1ccccc1NC(=O)COC(=O)Cn1nnc2ccccc2c1=O. The van der Waals surface area contributed by atoms with Gasteiger partial charge in [-0.1, -0.05) is 29.5 Å². The maximum Gasteiger partial charge on any atom is 0.339 e. The van der Waals surface area contributed by atoms with Gasteiger partial charge in [0.15, 0.2) is 6.61 Å². The van der Waals surface area contributed by atoms with E-state index in [9.17, 15) is 19.2 Å². The maximum absolute atomic E-state index is 12.3. The van der Waals surface area contributed by atoms with Crippen molar-refractivity contribution in [2.24, 2.45) is 0 Å². The number of esters is 2. The summed E-state index contributed by atoms with van der Waals surface area (Å²) in [5, 5.41) is 10.3. The van der Waals surface area contributed by atoms with Crippen LogP contribution in [-0.2, 0) is 25.6 Å². The molecule has 0 saturated heterocycles. The molecule has 0 radical (unpaired) electrons. The molecule has 1 heterocycles. The number of methoxy groups -OCH3 is 1. The van der Waals surface area contributed by atoms with Gasteiger partial charge in [0.25, 0.3) is 11.5 Å². The highest BCUT2D eigenvalue weighted by atomic mass is 16.5. The van der Waals surface area contributed by atoms with E-state index in [0.717, 1.165) is 4.68 Å². The molecular formula is C19H16N4O6. The molecular weight excluding hydrogens is 380 g/mol. The minimum atomic E-state index is -0.840. The van der Waals surface area contributed by atoms with Crippen molar-refractivity contribution < 1.29 is 23.9 Å². The monoisotopic (exact) mass is 396 g/mol. The smallest absolute Gasteiger partial charge is 0.339 e. The van der Waals surface area contributed by atoms with E-state index in [1.54, 1.807) is 36.4 Å². The highest BCUT2D eigenvalue weighted by Crippen LogP contribution is 2.15. The molecule has 10 nitrogen and oxygen atoms in total. The van der Waals surface area contributed by atoms with Gasteiger partial charge < -0.3 is 14.8 Å². The molecule has 3 aromatic rings. The predicted octanol–water partition coefficient (Wildman–Crippen LogP) is 0.760. The minimum Gasteiger partial charge on any atom is -0.465 e. The van der Waals surface area contributed by atoms with Crippen LogP contribution in [-0.4, -0.2) is 46.6 Å². The molecule has 0 aliphatic rings. The van der Waals surface area contributed by atoms with Crippen LogP contribution in [0.25, 0.3) is 10.9 Å². The molecule has 10 heteroatoms. The summed E-state index contributed by atoms with van der Waals surface area (Å²) in [6, 6.07) is 12.8. The first kappa shape index (κ1) is 19.7.